The van der Waals surface area contributed by atoms with Crippen LogP contribution in [0.2, 0.25) is 0 Å². The minimum absolute atomic E-state index is 0.510. The molecule has 0 aliphatic heterocycles. The van der Waals surface area contributed by atoms with Crippen LogP contribution >= 0.6 is 0 Å². The summed E-state index contributed by atoms with van der Waals surface area (Å²) in [6.45, 7) is 11.6. The average Bonchev–Trinajstić information content (AvgIpc) is 2.18. The monoisotopic (exact) mass is 249 g/mol. The topological polar surface area (TPSA) is 53.7 Å². The molecule has 0 spiro atoms. The van der Waals surface area contributed by atoms with Crippen LogP contribution in [-0.2, 0) is 13.3 Å². The van der Waals surface area contributed by atoms with Gasteiger partial charge >= 0.3 is 8.80 Å². The van der Waals surface area contributed by atoms with Gasteiger partial charge in [0.1, 0.15) is 0 Å². The van der Waals surface area contributed by atoms with Crippen molar-refractivity contribution >= 4 is 8.80 Å². The lowest BCUT2D eigenvalue weighted by molar-refractivity contribution is 0.0460. The molecule has 98 valence electrons. The molecule has 0 aromatic rings. The van der Waals surface area contributed by atoms with Gasteiger partial charge in [-0.1, -0.05) is 13.3 Å². The summed E-state index contributed by atoms with van der Waals surface area (Å²) in [5.74, 6) is 0. The van der Waals surface area contributed by atoms with Crippen molar-refractivity contribution in [2.75, 3.05) is 19.8 Å². The van der Waals surface area contributed by atoms with Gasteiger partial charge in [0.2, 0.25) is 0 Å². The van der Waals surface area contributed by atoms with Crippen molar-refractivity contribution in [1.29, 1.82) is 0 Å². The predicted molar refractivity (Wildman–Crippen MR) is 68.1 cm³/mol. The maximum absolute atomic E-state index is 6.35. The van der Waals surface area contributed by atoms with Crippen LogP contribution in [0.25, 0.3) is 0 Å². The third-order valence-electron chi connectivity index (χ3n) is 2.47. The van der Waals surface area contributed by atoms with Crippen LogP contribution in [0.15, 0.2) is 0 Å². The van der Waals surface area contributed by atoms with E-state index in [4.69, 9.17) is 19.0 Å². The smallest absolute Gasteiger partial charge is 0.373 e. The molecule has 0 amide bonds. The standard InChI is InChI=1S/C11H27NO3Si/c1-6-10-11(5,12)16(13-7-2,14-8-3)15-9-4/h6-10,12H2,1-5H3. The number of hydrogen-bond acceptors (Lipinski definition) is 4. The van der Waals surface area contributed by atoms with Gasteiger partial charge in [-0.25, -0.2) is 0 Å². The van der Waals surface area contributed by atoms with Gasteiger partial charge in [0, 0.05) is 19.8 Å². The van der Waals surface area contributed by atoms with Crippen molar-refractivity contribution < 1.29 is 13.3 Å². The Labute approximate surface area is 101 Å². The normalized spacial score (nSPS) is 16.1. The van der Waals surface area contributed by atoms with Crippen molar-refractivity contribution in [3.05, 3.63) is 0 Å². The van der Waals surface area contributed by atoms with Crippen LogP contribution in [0.3, 0.4) is 0 Å². The molecule has 1 unspecified atom stereocenters. The summed E-state index contributed by atoms with van der Waals surface area (Å²) in [5.41, 5.74) is 6.35. The van der Waals surface area contributed by atoms with Crippen LogP contribution in [0.1, 0.15) is 47.5 Å². The van der Waals surface area contributed by atoms with Crippen LogP contribution in [0.5, 0.6) is 0 Å². The molecule has 0 saturated carbocycles. The molecule has 5 heteroatoms. The summed E-state index contributed by atoms with van der Waals surface area (Å²) in [5, 5.41) is -0.510. The van der Waals surface area contributed by atoms with Crippen molar-refractivity contribution in [2.45, 2.75) is 52.6 Å². The van der Waals surface area contributed by atoms with Gasteiger partial charge in [-0.05, 0) is 34.1 Å². The minimum Gasteiger partial charge on any atom is -0.373 e. The van der Waals surface area contributed by atoms with Crippen molar-refractivity contribution in [2.24, 2.45) is 5.73 Å². The molecule has 0 aromatic heterocycles. The average molecular weight is 249 g/mol. The van der Waals surface area contributed by atoms with Gasteiger partial charge in [-0.15, -0.1) is 0 Å². The van der Waals surface area contributed by atoms with Gasteiger partial charge in [0.05, 0.1) is 5.16 Å². The minimum atomic E-state index is -2.77. The molecule has 0 aliphatic rings. The Bertz CT molecular complexity index is 171. The first-order valence-electron chi connectivity index (χ1n) is 6.20. The summed E-state index contributed by atoms with van der Waals surface area (Å²) in [4.78, 5) is 0. The summed E-state index contributed by atoms with van der Waals surface area (Å²) in [6, 6.07) is 0. The zero-order chi connectivity index (χ0) is 12.7. The Morgan fingerprint density at radius 2 is 1.31 bits per heavy atom. The third kappa shape index (κ3) is 3.82. The highest BCUT2D eigenvalue weighted by Crippen LogP contribution is 2.26. The zero-order valence-electron chi connectivity index (χ0n) is 11.3. The third-order valence-corrected chi connectivity index (χ3v) is 6.13. The highest BCUT2D eigenvalue weighted by Gasteiger charge is 2.55. The zero-order valence-corrected chi connectivity index (χ0v) is 12.3. The largest absolute Gasteiger partial charge is 0.521 e. The fourth-order valence-corrected chi connectivity index (χ4v) is 4.80. The fourth-order valence-electron chi connectivity index (χ4n) is 1.86. The molecule has 0 heterocycles. The van der Waals surface area contributed by atoms with Crippen LogP contribution < -0.4 is 5.73 Å². The van der Waals surface area contributed by atoms with E-state index in [2.05, 4.69) is 6.92 Å². The first-order chi connectivity index (χ1) is 7.49. The van der Waals surface area contributed by atoms with E-state index < -0.39 is 14.0 Å². The van der Waals surface area contributed by atoms with Gasteiger partial charge in [-0.3, -0.25) is 0 Å². The molecule has 4 nitrogen and oxygen atoms in total. The summed E-state index contributed by atoms with van der Waals surface area (Å²) in [7, 11) is -2.77. The molecule has 0 rings (SSSR count). The van der Waals surface area contributed by atoms with Gasteiger partial charge in [0.15, 0.2) is 0 Å². The van der Waals surface area contributed by atoms with Crippen molar-refractivity contribution in [3.63, 3.8) is 0 Å². The maximum atomic E-state index is 6.35. The predicted octanol–water partition coefficient (Wildman–Crippen LogP) is 2.09. The molecule has 16 heavy (non-hydrogen) atoms. The molecule has 0 aliphatic carbocycles. The highest BCUT2D eigenvalue weighted by atomic mass is 28.4. The Morgan fingerprint density at radius 1 is 0.938 bits per heavy atom. The Morgan fingerprint density at radius 3 is 1.56 bits per heavy atom. The molecule has 0 radical (unpaired) electrons. The Balaban J connectivity index is 4.96. The van der Waals surface area contributed by atoms with Crippen molar-refractivity contribution in [1.82, 2.24) is 0 Å². The Kier molecular flexibility index (Phi) is 7.42. The van der Waals surface area contributed by atoms with Gasteiger partial charge in [0.25, 0.3) is 0 Å². The van der Waals surface area contributed by atoms with E-state index >= 15 is 0 Å². The molecule has 0 bridgehead atoms. The van der Waals surface area contributed by atoms with E-state index in [0.29, 0.717) is 19.8 Å². The van der Waals surface area contributed by atoms with E-state index in [1.165, 1.54) is 0 Å². The lowest BCUT2D eigenvalue weighted by Gasteiger charge is -2.40. The van der Waals surface area contributed by atoms with E-state index in [1.807, 2.05) is 27.7 Å². The molecular weight excluding hydrogens is 222 g/mol. The molecule has 2 N–H and O–H groups in total. The summed E-state index contributed by atoms with van der Waals surface area (Å²) in [6.07, 6.45) is 1.84. The van der Waals surface area contributed by atoms with E-state index in [9.17, 15) is 0 Å². The van der Waals surface area contributed by atoms with E-state index in [1.54, 1.807) is 0 Å². The second-order valence-electron chi connectivity index (χ2n) is 4.02. The fraction of sp³-hybridized carbons (Fsp3) is 1.00. The lowest BCUT2D eigenvalue weighted by atomic mass is 10.2. The quantitative estimate of drug-likeness (QED) is 0.636. The maximum Gasteiger partial charge on any atom is 0.521 e. The van der Waals surface area contributed by atoms with Gasteiger partial charge < -0.3 is 19.0 Å². The lowest BCUT2D eigenvalue weighted by Crippen LogP contribution is -2.68. The summed E-state index contributed by atoms with van der Waals surface area (Å²) < 4.78 is 17.4. The molecule has 1 atom stereocenters. The molecular formula is C11H27NO3Si. The molecule has 0 aromatic carbocycles. The first kappa shape index (κ1) is 16.1. The second kappa shape index (κ2) is 7.40. The molecule has 0 fully saturated rings. The Hall–Kier alpha value is 0.0569. The van der Waals surface area contributed by atoms with Crippen molar-refractivity contribution in [3.8, 4) is 0 Å². The number of hydrogen-bond donors (Lipinski definition) is 1. The number of rotatable bonds is 9. The number of nitrogens with two attached hydrogens (primary N) is 1. The SMILES string of the molecule is CCCC(C)(N)[Si](OCC)(OCC)OCC. The van der Waals surface area contributed by atoms with E-state index in [0.717, 1.165) is 12.8 Å². The second-order valence-corrected chi connectivity index (χ2v) is 7.14. The summed E-state index contributed by atoms with van der Waals surface area (Å²) >= 11 is 0. The highest BCUT2D eigenvalue weighted by molar-refractivity contribution is 6.64. The molecule has 0 saturated heterocycles. The first-order valence-corrected chi connectivity index (χ1v) is 7.92. The van der Waals surface area contributed by atoms with E-state index in [-0.39, 0.29) is 0 Å². The van der Waals surface area contributed by atoms with Crippen LogP contribution in [0, 0.1) is 0 Å². The van der Waals surface area contributed by atoms with Gasteiger partial charge in [-0.2, -0.15) is 0 Å². The van der Waals surface area contributed by atoms with Crippen LogP contribution in [0.4, 0.5) is 0 Å². The van der Waals surface area contributed by atoms with Crippen LogP contribution in [-0.4, -0.2) is 33.8 Å².